The van der Waals surface area contributed by atoms with E-state index in [1.54, 1.807) is 10.4 Å². The first-order valence-electron chi connectivity index (χ1n) is 8.42. The third-order valence-electron chi connectivity index (χ3n) is 4.41. The first-order chi connectivity index (χ1) is 9.85. The summed E-state index contributed by atoms with van der Waals surface area (Å²) >= 11 is 2.00. The third kappa shape index (κ3) is 4.57. The van der Waals surface area contributed by atoms with Gasteiger partial charge in [-0.1, -0.05) is 45.4 Å². The molecule has 1 aliphatic rings. The number of aryl methyl sites for hydroxylation is 2. The number of hydrogen-bond acceptors (Lipinski definition) is 3. The van der Waals surface area contributed by atoms with Gasteiger partial charge in [-0.15, -0.1) is 11.3 Å². The Morgan fingerprint density at radius 1 is 1.15 bits per heavy atom. The summed E-state index contributed by atoms with van der Waals surface area (Å²) in [7, 11) is 0. The second kappa shape index (κ2) is 8.81. The van der Waals surface area contributed by atoms with E-state index in [2.05, 4.69) is 18.4 Å². The molecule has 114 valence electrons. The van der Waals surface area contributed by atoms with Gasteiger partial charge < -0.3 is 0 Å². The van der Waals surface area contributed by atoms with Gasteiger partial charge in [-0.25, -0.2) is 0 Å². The van der Waals surface area contributed by atoms with Crippen LogP contribution in [0.1, 0.15) is 86.1 Å². The van der Waals surface area contributed by atoms with Crippen LogP contribution in [0.2, 0.25) is 0 Å². The predicted octanol–water partition coefficient (Wildman–Crippen LogP) is 4.88. The fraction of sp³-hybridized carbons (Fsp3) is 0.765. The summed E-state index contributed by atoms with van der Waals surface area (Å²) < 4.78 is 0. The van der Waals surface area contributed by atoms with E-state index in [0.29, 0.717) is 6.04 Å². The maximum absolute atomic E-state index is 5.78. The number of hydrogen-bond donors (Lipinski definition) is 2. The van der Waals surface area contributed by atoms with Crippen LogP contribution in [0, 0.1) is 0 Å². The molecule has 3 N–H and O–H groups in total. The van der Waals surface area contributed by atoms with Gasteiger partial charge in [-0.2, -0.15) is 0 Å². The fourth-order valence-electron chi connectivity index (χ4n) is 3.12. The van der Waals surface area contributed by atoms with Gasteiger partial charge in [0.2, 0.25) is 0 Å². The van der Waals surface area contributed by atoms with Crippen molar-refractivity contribution in [1.29, 1.82) is 0 Å². The van der Waals surface area contributed by atoms with Crippen molar-refractivity contribution < 1.29 is 0 Å². The number of unbranched alkanes of at least 4 members (excludes halogenated alkanes) is 5. The molecule has 0 spiro atoms. The summed E-state index contributed by atoms with van der Waals surface area (Å²) in [4.78, 5) is 3.09. The number of hydrazine groups is 1. The van der Waals surface area contributed by atoms with Gasteiger partial charge in [-0.05, 0) is 43.7 Å². The van der Waals surface area contributed by atoms with Gasteiger partial charge in [-0.3, -0.25) is 11.3 Å². The molecule has 20 heavy (non-hydrogen) atoms. The summed E-state index contributed by atoms with van der Waals surface area (Å²) in [5.74, 6) is 5.78. The van der Waals surface area contributed by atoms with E-state index < -0.39 is 0 Å². The Kier molecular flexibility index (Phi) is 7.05. The highest BCUT2D eigenvalue weighted by Crippen LogP contribution is 2.34. The van der Waals surface area contributed by atoms with Crippen molar-refractivity contribution >= 4 is 11.3 Å². The first-order valence-corrected chi connectivity index (χ1v) is 9.24. The molecule has 1 heterocycles. The van der Waals surface area contributed by atoms with Crippen LogP contribution in [-0.4, -0.2) is 0 Å². The Bertz CT molecular complexity index is 363. The van der Waals surface area contributed by atoms with E-state index in [4.69, 9.17) is 5.84 Å². The van der Waals surface area contributed by atoms with E-state index in [9.17, 15) is 0 Å². The van der Waals surface area contributed by atoms with E-state index in [1.807, 2.05) is 11.3 Å². The maximum Gasteiger partial charge on any atom is 0.0553 e. The monoisotopic (exact) mass is 294 g/mol. The van der Waals surface area contributed by atoms with Crippen molar-refractivity contribution in [3.63, 3.8) is 0 Å². The lowest BCUT2D eigenvalue weighted by Gasteiger charge is -2.13. The van der Waals surface area contributed by atoms with Gasteiger partial charge in [0.05, 0.1) is 6.04 Å². The van der Waals surface area contributed by atoms with Gasteiger partial charge in [0.25, 0.3) is 0 Å². The minimum absolute atomic E-state index is 0.372. The lowest BCUT2D eigenvalue weighted by Crippen LogP contribution is -2.27. The second-order valence-corrected chi connectivity index (χ2v) is 7.25. The molecule has 0 saturated carbocycles. The van der Waals surface area contributed by atoms with Crippen LogP contribution in [0.3, 0.4) is 0 Å². The molecular formula is C17H30N2S. The Balaban J connectivity index is 1.77. The fourth-order valence-corrected chi connectivity index (χ4v) is 4.47. The molecule has 0 amide bonds. The van der Waals surface area contributed by atoms with Gasteiger partial charge in [0, 0.05) is 9.75 Å². The zero-order valence-corrected chi connectivity index (χ0v) is 13.7. The quantitative estimate of drug-likeness (QED) is 0.387. The highest BCUT2D eigenvalue weighted by Gasteiger charge is 2.18. The summed E-state index contributed by atoms with van der Waals surface area (Å²) in [5, 5.41) is 0. The van der Waals surface area contributed by atoms with Crippen molar-refractivity contribution in [2.45, 2.75) is 83.6 Å². The first kappa shape index (κ1) is 16.0. The Morgan fingerprint density at radius 3 is 2.65 bits per heavy atom. The molecule has 1 aliphatic carbocycles. The van der Waals surface area contributed by atoms with Crippen LogP contribution in [0.25, 0.3) is 0 Å². The normalized spacial score (nSPS) is 16.1. The smallest absolute Gasteiger partial charge is 0.0553 e. The largest absolute Gasteiger partial charge is 0.271 e. The molecule has 0 saturated heterocycles. The topological polar surface area (TPSA) is 38.0 Å². The summed E-state index contributed by atoms with van der Waals surface area (Å²) in [6.45, 7) is 2.27. The van der Waals surface area contributed by atoms with Crippen molar-refractivity contribution in [1.82, 2.24) is 5.43 Å². The van der Waals surface area contributed by atoms with Crippen molar-refractivity contribution in [2.24, 2.45) is 5.84 Å². The van der Waals surface area contributed by atoms with E-state index >= 15 is 0 Å². The highest BCUT2D eigenvalue weighted by atomic mass is 32.1. The molecular weight excluding hydrogens is 264 g/mol. The third-order valence-corrected chi connectivity index (χ3v) is 5.76. The van der Waals surface area contributed by atoms with E-state index in [1.165, 1.54) is 75.5 Å². The Hall–Kier alpha value is -0.380. The van der Waals surface area contributed by atoms with Crippen molar-refractivity contribution in [2.75, 3.05) is 0 Å². The standard InChI is InChI=1S/C17H30N2S/c1-2-3-4-5-6-7-11-15(19-18)17-13-14-10-8-9-12-16(14)20-17/h13,15,19H,2-12,18H2,1H3. The number of fused-ring (bicyclic) bond motifs is 1. The van der Waals surface area contributed by atoms with Crippen molar-refractivity contribution in [3.8, 4) is 0 Å². The number of nitrogens with one attached hydrogen (secondary N) is 1. The molecule has 0 fully saturated rings. The minimum atomic E-state index is 0.372. The summed E-state index contributed by atoms with van der Waals surface area (Å²) in [5.41, 5.74) is 4.64. The Morgan fingerprint density at radius 2 is 1.90 bits per heavy atom. The van der Waals surface area contributed by atoms with Gasteiger partial charge in [0.15, 0.2) is 0 Å². The van der Waals surface area contributed by atoms with Crippen LogP contribution < -0.4 is 11.3 Å². The lowest BCUT2D eigenvalue weighted by molar-refractivity contribution is 0.482. The lowest BCUT2D eigenvalue weighted by atomic mass is 9.98. The molecule has 1 aromatic rings. The van der Waals surface area contributed by atoms with Crippen LogP contribution in [0.5, 0.6) is 0 Å². The minimum Gasteiger partial charge on any atom is -0.271 e. The molecule has 2 nitrogen and oxygen atoms in total. The van der Waals surface area contributed by atoms with Crippen molar-refractivity contribution in [3.05, 3.63) is 21.4 Å². The summed E-state index contributed by atoms with van der Waals surface area (Å²) in [6, 6.07) is 2.79. The molecule has 1 aromatic heterocycles. The highest BCUT2D eigenvalue weighted by molar-refractivity contribution is 7.12. The van der Waals surface area contributed by atoms with Crippen LogP contribution >= 0.6 is 11.3 Å². The van der Waals surface area contributed by atoms with Crippen LogP contribution in [0.15, 0.2) is 6.07 Å². The maximum atomic E-state index is 5.78. The molecule has 0 aliphatic heterocycles. The van der Waals surface area contributed by atoms with Crippen LogP contribution in [0.4, 0.5) is 0 Å². The number of nitrogens with two attached hydrogens (primary N) is 1. The van der Waals surface area contributed by atoms with Gasteiger partial charge in [0.1, 0.15) is 0 Å². The molecule has 2 rings (SSSR count). The molecule has 1 unspecified atom stereocenters. The molecule has 1 atom stereocenters. The molecule has 3 heteroatoms. The molecule has 0 radical (unpaired) electrons. The Labute approximate surface area is 128 Å². The second-order valence-electron chi connectivity index (χ2n) is 6.08. The number of rotatable bonds is 9. The zero-order chi connectivity index (χ0) is 14.2. The van der Waals surface area contributed by atoms with Crippen LogP contribution in [-0.2, 0) is 12.8 Å². The van der Waals surface area contributed by atoms with E-state index in [0.717, 1.165) is 0 Å². The average molecular weight is 295 g/mol. The molecule has 0 aromatic carbocycles. The zero-order valence-electron chi connectivity index (χ0n) is 12.9. The number of thiophene rings is 1. The summed E-state index contributed by atoms with van der Waals surface area (Å²) in [6.07, 6.45) is 14.6. The van der Waals surface area contributed by atoms with E-state index in [-0.39, 0.29) is 0 Å². The predicted molar refractivity (Wildman–Crippen MR) is 89.0 cm³/mol. The average Bonchev–Trinajstić information content (AvgIpc) is 2.90. The van der Waals surface area contributed by atoms with Gasteiger partial charge >= 0.3 is 0 Å². The molecule has 0 bridgehead atoms. The SMILES string of the molecule is CCCCCCCCC(NN)c1cc2c(s1)CCCC2.